The molecule has 2 aliphatic rings. The number of nitrogens with zero attached hydrogens (tertiary/aromatic N) is 2. The first kappa shape index (κ1) is 24.6. The van der Waals surface area contributed by atoms with Crippen LogP contribution >= 0.6 is 0 Å². The van der Waals surface area contributed by atoms with Crippen LogP contribution in [0.5, 0.6) is 0 Å². The molecule has 7 nitrogen and oxygen atoms in total. The van der Waals surface area contributed by atoms with Crippen molar-refractivity contribution in [3.8, 4) is 11.1 Å². The number of carbonyl (C=O) groups is 1. The Labute approximate surface area is 200 Å². The first-order valence-electron chi connectivity index (χ1n) is 11.5. The number of nitrogens with one attached hydrogen (secondary N) is 1. The Bertz CT molecular complexity index is 1150. The predicted molar refractivity (Wildman–Crippen MR) is 129 cm³/mol. The molecule has 0 bridgehead atoms. The fraction of sp³-hybridized carbons (Fsp3) is 0.480. The lowest BCUT2D eigenvalue weighted by Crippen LogP contribution is -2.52. The highest BCUT2D eigenvalue weighted by Gasteiger charge is 2.61. The summed E-state index contributed by atoms with van der Waals surface area (Å²) < 4.78 is 42.9. The monoisotopic (exact) mass is 489 g/mol. The van der Waals surface area contributed by atoms with Crippen LogP contribution in [0.2, 0.25) is 0 Å². The maximum atomic E-state index is 15.7. The van der Waals surface area contributed by atoms with Crippen LogP contribution in [-0.4, -0.2) is 73.9 Å². The molecule has 9 heteroatoms. The Morgan fingerprint density at radius 3 is 2.50 bits per heavy atom. The summed E-state index contributed by atoms with van der Waals surface area (Å²) >= 11 is 0. The van der Waals surface area contributed by atoms with Gasteiger partial charge in [0.05, 0.1) is 18.4 Å². The van der Waals surface area contributed by atoms with Crippen LogP contribution in [0.1, 0.15) is 25.3 Å². The summed E-state index contributed by atoms with van der Waals surface area (Å²) in [5.74, 6) is -0.367. The Morgan fingerprint density at radius 2 is 1.91 bits per heavy atom. The molecule has 3 atom stereocenters. The number of amides is 2. The van der Waals surface area contributed by atoms with Gasteiger partial charge in [0, 0.05) is 37.2 Å². The van der Waals surface area contributed by atoms with E-state index in [1.165, 1.54) is 4.90 Å². The number of halogens is 1. The molecule has 1 aliphatic heterocycles. The summed E-state index contributed by atoms with van der Waals surface area (Å²) in [6.07, 6.45) is 2.19. The van der Waals surface area contributed by atoms with Crippen molar-refractivity contribution in [2.24, 2.45) is 5.41 Å². The van der Waals surface area contributed by atoms with Gasteiger partial charge in [-0.2, -0.15) is 0 Å². The van der Waals surface area contributed by atoms with Gasteiger partial charge in [-0.25, -0.2) is 22.3 Å². The summed E-state index contributed by atoms with van der Waals surface area (Å²) in [7, 11) is -1.94. The topological polar surface area (TPSA) is 89.9 Å². The van der Waals surface area contributed by atoms with Gasteiger partial charge in [-0.15, -0.1) is 0 Å². The lowest BCUT2D eigenvalue weighted by molar-refractivity contribution is 0.118. The Kier molecular flexibility index (Phi) is 6.72. The predicted octanol–water partition coefficient (Wildman–Crippen LogP) is 2.85. The van der Waals surface area contributed by atoms with Gasteiger partial charge in [0.15, 0.2) is 0 Å². The minimum Gasteiger partial charge on any atom is -0.392 e. The van der Waals surface area contributed by atoms with Crippen molar-refractivity contribution in [2.75, 3.05) is 26.4 Å². The van der Waals surface area contributed by atoms with Crippen LogP contribution < -0.4 is 4.72 Å². The Hall–Kier alpha value is -2.49. The summed E-state index contributed by atoms with van der Waals surface area (Å²) in [4.78, 5) is 16.4. The minimum atomic E-state index is -3.55. The third kappa shape index (κ3) is 5.11. The van der Waals surface area contributed by atoms with E-state index in [2.05, 4.69) is 4.72 Å². The van der Waals surface area contributed by atoms with Crippen LogP contribution in [0, 0.1) is 11.2 Å². The summed E-state index contributed by atoms with van der Waals surface area (Å²) in [6, 6.07) is 13.1. The van der Waals surface area contributed by atoms with E-state index in [0.29, 0.717) is 17.7 Å². The van der Waals surface area contributed by atoms with Gasteiger partial charge in [-0.3, -0.25) is 0 Å². The third-order valence-corrected chi connectivity index (χ3v) is 7.55. The van der Waals surface area contributed by atoms with Crippen LogP contribution in [-0.2, 0) is 16.4 Å². The molecule has 4 rings (SSSR count). The SMILES string of the molecule is C[C@H](O)CN(C)C(=O)N1CC2(CC2)[C@H](NS(C)(=O)=O)[C@@H]1Cc1cccc(-c2ccccc2)c1F. The molecule has 2 aromatic rings. The number of rotatable bonds is 7. The van der Waals surface area contributed by atoms with Crippen molar-refractivity contribution < 1.29 is 22.7 Å². The molecule has 2 aromatic carbocycles. The van der Waals surface area contributed by atoms with Crippen LogP contribution in [0.4, 0.5) is 9.18 Å². The molecule has 2 amide bonds. The number of likely N-dealkylation sites (tertiary alicyclic amines) is 1. The molecule has 0 radical (unpaired) electrons. The first-order valence-corrected chi connectivity index (χ1v) is 13.4. The van der Waals surface area contributed by atoms with Crippen LogP contribution in [0.15, 0.2) is 48.5 Å². The zero-order chi connectivity index (χ0) is 24.7. The van der Waals surface area contributed by atoms with Crippen molar-refractivity contribution in [3.05, 3.63) is 59.9 Å². The fourth-order valence-electron chi connectivity index (χ4n) is 5.14. The zero-order valence-electron chi connectivity index (χ0n) is 19.7. The second-order valence-corrected chi connectivity index (χ2v) is 11.6. The van der Waals surface area contributed by atoms with Crippen molar-refractivity contribution >= 4 is 16.1 Å². The van der Waals surface area contributed by atoms with Gasteiger partial charge in [0.1, 0.15) is 5.82 Å². The zero-order valence-corrected chi connectivity index (χ0v) is 20.6. The normalized spacial score (nSPS) is 22.1. The molecule has 1 saturated carbocycles. The van der Waals surface area contributed by atoms with Gasteiger partial charge in [-0.1, -0.05) is 48.5 Å². The molecule has 1 spiro atoms. The molecule has 1 aliphatic carbocycles. The van der Waals surface area contributed by atoms with E-state index < -0.39 is 28.2 Å². The average Bonchev–Trinajstić information content (AvgIpc) is 3.49. The van der Waals surface area contributed by atoms with Crippen molar-refractivity contribution in [1.29, 1.82) is 0 Å². The molecule has 0 aromatic heterocycles. The van der Waals surface area contributed by atoms with Gasteiger partial charge >= 0.3 is 6.03 Å². The molecular weight excluding hydrogens is 457 g/mol. The molecular formula is C25H32FN3O4S. The number of hydrogen-bond donors (Lipinski definition) is 2. The van der Waals surface area contributed by atoms with E-state index in [-0.39, 0.29) is 30.2 Å². The van der Waals surface area contributed by atoms with Gasteiger partial charge < -0.3 is 14.9 Å². The number of aliphatic hydroxyl groups excluding tert-OH is 1. The third-order valence-electron chi connectivity index (χ3n) is 6.87. The molecule has 2 N–H and O–H groups in total. The molecule has 0 unspecified atom stereocenters. The van der Waals surface area contributed by atoms with E-state index in [1.807, 2.05) is 30.3 Å². The second-order valence-electron chi connectivity index (χ2n) is 9.79. The van der Waals surface area contributed by atoms with E-state index in [9.17, 15) is 18.3 Å². The number of sulfonamides is 1. The van der Waals surface area contributed by atoms with E-state index in [4.69, 9.17) is 0 Å². The van der Waals surface area contributed by atoms with E-state index in [1.54, 1.807) is 37.1 Å². The minimum absolute atomic E-state index is 0.150. The number of likely N-dealkylation sites (N-methyl/N-ethyl adjacent to an activating group) is 1. The van der Waals surface area contributed by atoms with Crippen LogP contribution in [0.25, 0.3) is 11.1 Å². The van der Waals surface area contributed by atoms with Gasteiger partial charge in [0.25, 0.3) is 0 Å². The lowest BCUT2D eigenvalue weighted by atomic mass is 9.91. The Balaban J connectivity index is 1.70. The number of hydrogen-bond acceptors (Lipinski definition) is 4. The number of aliphatic hydroxyl groups is 1. The summed E-state index contributed by atoms with van der Waals surface area (Å²) in [5.41, 5.74) is 1.31. The van der Waals surface area contributed by atoms with E-state index in [0.717, 1.165) is 24.7 Å². The van der Waals surface area contributed by atoms with Crippen molar-refractivity contribution in [1.82, 2.24) is 14.5 Å². The fourth-order valence-corrected chi connectivity index (χ4v) is 6.01. The largest absolute Gasteiger partial charge is 0.392 e. The molecule has 1 saturated heterocycles. The smallest absolute Gasteiger partial charge is 0.320 e. The maximum absolute atomic E-state index is 15.7. The standard InChI is InChI=1S/C25H32FN3O4S/c1-17(30)15-28(2)24(31)29-16-25(12-13-25)23(27-34(3,32)33)21(29)14-19-10-7-11-20(22(19)26)18-8-5-4-6-9-18/h4-11,17,21,23,27,30H,12-16H2,1-3H3/t17-,21-,23+/m0/s1. The maximum Gasteiger partial charge on any atom is 0.320 e. The highest BCUT2D eigenvalue weighted by Crippen LogP contribution is 2.55. The highest BCUT2D eigenvalue weighted by molar-refractivity contribution is 7.88. The molecule has 34 heavy (non-hydrogen) atoms. The number of urea groups is 1. The highest BCUT2D eigenvalue weighted by atomic mass is 32.2. The molecule has 184 valence electrons. The summed E-state index contributed by atoms with van der Waals surface area (Å²) in [6.45, 7) is 2.15. The van der Waals surface area contributed by atoms with Gasteiger partial charge in [-0.05, 0) is 37.3 Å². The number of benzene rings is 2. The average molecular weight is 490 g/mol. The summed E-state index contributed by atoms with van der Waals surface area (Å²) in [5, 5.41) is 9.76. The van der Waals surface area contributed by atoms with Crippen LogP contribution in [0.3, 0.4) is 0 Å². The first-order chi connectivity index (χ1) is 16.0. The lowest BCUT2D eigenvalue weighted by Gasteiger charge is -2.32. The second kappa shape index (κ2) is 9.28. The van der Waals surface area contributed by atoms with E-state index >= 15 is 4.39 Å². The quantitative estimate of drug-likeness (QED) is 0.626. The Morgan fingerprint density at radius 1 is 1.24 bits per heavy atom. The molecule has 1 heterocycles. The van der Waals surface area contributed by atoms with Crippen molar-refractivity contribution in [2.45, 2.75) is 44.4 Å². The number of carbonyl (C=O) groups excluding carboxylic acids is 1. The molecule has 2 fully saturated rings. The van der Waals surface area contributed by atoms with Gasteiger partial charge in [0.2, 0.25) is 10.0 Å². The van der Waals surface area contributed by atoms with Crippen molar-refractivity contribution in [3.63, 3.8) is 0 Å².